The Kier molecular flexibility index (Phi) is 5.54. The van der Waals surface area contributed by atoms with Crippen LogP contribution in [0.25, 0.3) is 10.7 Å². The van der Waals surface area contributed by atoms with Crippen LogP contribution in [-0.4, -0.2) is 23.8 Å². The molecule has 8 heteroatoms. The van der Waals surface area contributed by atoms with Gasteiger partial charge < -0.3 is 15.0 Å². The lowest BCUT2D eigenvalue weighted by atomic mass is 10.3. The van der Waals surface area contributed by atoms with Gasteiger partial charge in [0.2, 0.25) is 5.82 Å². The summed E-state index contributed by atoms with van der Waals surface area (Å²) in [6.45, 7) is 0.312. The molecular formula is C9H11BrClN3O2S. The number of thiophene rings is 1. The van der Waals surface area contributed by atoms with Crippen molar-refractivity contribution in [3.63, 3.8) is 0 Å². The molecule has 0 spiro atoms. The van der Waals surface area contributed by atoms with E-state index < -0.39 is 0 Å². The Morgan fingerprint density at radius 1 is 1.65 bits per heavy atom. The average Bonchev–Trinajstić information content (AvgIpc) is 2.89. The maximum absolute atomic E-state index is 5.51. The van der Waals surface area contributed by atoms with Gasteiger partial charge in [0.05, 0.1) is 4.88 Å². The summed E-state index contributed by atoms with van der Waals surface area (Å²) in [6.07, 6.45) is -0.343. The minimum absolute atomic E-state index is 0. The van der Waals surface area contributed by atoms with Gasteiger partial charge in [-0.15, -0.1) is 23.7 Å². The number of nitrogens with zero attached hydrogens (tertiary/aromatic N) is 2. The maximum Gasteiger partial charge on any atom is 0.257 e. The number of hydrogen-bond donors (Lipinski definition) is 1. The van der Waals surface area contributed by atoms with E-state index in [9.17, 15) is 0 Å². The summed E-state index contributed by atoms with van der Waals surface area (Å²) in [6, 6.07) is 1.93. The first kappa shape index (κ1) is 14.6. The monoisotopic (exact) mass is 339 g/mol. The largest absolute Gasteiger partial charge is 0.370 e. The number of rotatable bonds is 4. The molecule has 0 aromatic carbocycles. The zero-order valence-corrected chi connectivity index (χ0v) is 12.1. The lowest BCUT2D eigenvalue weighted by Gasteiger charge is -2.05. The minimum Gasteiger partial charge on any atom is -0.370 e. The van der Waals surface area contributed by atoms with Gasteiger partial charge in [-0.3, -0.25) is 0 Å². The van der Waals surface area contributed by atoms with Crippen molar-refractivity contribution in [3.05, 3.63) is 21.8 Å². The maximum atomic E-state index is 5.51. The van der Waals surface area contributed by atoms with Gasteiger partial charge in [0.1, 0.15) is 6.10 Å². The van der Waals surface area contributed by atoms with Crippen molar-refractivity contribution in [2.24, 2.45) is 5.73 Å². The van der Waals surface area contributed by atoms with Crippen LogP contribution in [0.1, 0.15) is 12.0 Å². The highest BCUT2D eigenvalue weighted by Gasteiger charge is 2.18. The van der Waals surface area contributed by atoms with E-state index in [0.29, 0.717) is 18.3 Å². The van der Waals surface area contributed by atoms with Gasteiger partial charge in [-0.25, -0.2) is 0 Å². The lowest BCUT2D eigenvalue weighted by molar-refractivity contribution is 0.0804. The van der Waals surface area contributed by atoms with E-state index in [1.807, 2.05) is 11.4 Å². The fraction of sp³-hybridized carbons (Fsp3) is 0.333. The van der Waals surface area contributed by atoms with Crippen molar-refractivity contribution in [3.8, 4) is 10.7 Å². The van der Waals surface area contributed by atoms with Crippen molar-refractivity contribution in [2.75, 3.05) is 13.7 Å². The Bertz CT molecular complexity index is 472. The molecule has 0 aliphatic rings. The number of nitrogens with two attached hydrogens (primary N) is 1. The van der Waals surface area contributed by atoms with E-state index in [1.54, 1.807) is 7.11 Å². The topological polar surface area (TPSA) is 74.2 Å². The molecule has 17 heavy (non-hydrogen) atoms. The third kappa shape index (κ3) is 3.26. The molecule has 0 amide bonds. The van der Waals surface area contributed by atoms with E-state index in [-0.39, 0.29) is 18.5 Å². The van der Waals surface area contributed by atoms with Gasteiger partial charge in [0, 0.05) is 23.5 Å². The molecule has 0 aliphatic carbocycles. The van der Waals surface area contributed by atoms with Crippen molar-refractivity contribution in [2.45, 2.75) is 6.10 Å². The summed E-state index contributed by atoms with van der Waals surface area (Å²) in [7, 11) is 1.56. The van der Waals surface area contributed by atoms with Crippen LogP contribution in [0.4, 0.5) is 0 Å². The van der Waals surface area contributed by atoms with Gasteiger partial charge in [-0.2, -0.15) is 4.98 Å². The van der Waals surface area contributed by atoms with Crippen molar-refractivity contribution < 1.29 is 9.26 Å². The highest BCUT2D eigenvalue weighted by molar-refractivity contribution is 9.10. The molecule has 0 bridgehead atoms. The number of aromatic nitrogens is 2. The smallest absolute Gasteiger partial charge is 0.257 e. The average molecular weight is 341 g/mol. The Morgan fingerprint density at radius 3 is 2.94 bits per heavy atom. The SMILES string of the molecule is COC(CN)c1nc(-c2cc(Br)cs2)no1.Cl. The first-order valence-electron chi connectivity index (χ1n) is 4.55. The lowest BCUT2D eigenvalue weighted by Crippen LogP contribution is -2.14. The molecule has 1 atom stereocenters. The van der Waals surface area contributed by atoms with Crippen LogP contribution >= 0.6 is 39.7 Å². The standard InChI is InChI=1S/C9H10BrN3O2S.ClH/c1-14-6(3-11)9-12-8(13-15-9)7-2-5(10)4-16-7;/h2,4,6H,3,11H2,1H3;1H. The summed E-state index contributed by atoms with van der Waals surface area (Å²) in [5, 5.41) is 5.84. The number of halogens is 2. The van der Waals surface area contributed by atoms with Gasteiger partial charge >= 0.3 is 0 Å². The molecule has 0 saturated carbocycles. The molecule has 0 fully saturated rings. The van der Waals surface area contributed by atoms with Gasteiger partial charge in [-0.1, -0.05) is 5.16 Å². The van der Waals surface area contributed by atoms with Gasteiger partial charge in [-0.05, 0) is 22.0 Å². The van der Waals surface area contributed by atoms with Crippen LogP contribution in [-0.2, 0) is 4.74 Å². The summed E-state index contributed by atoms with van der Waals surface area (Å²) < 4.78 is 11.2. The van der Waals surface area contributed by atoms with Crippen LogP contribution in [0.5, 0.6) is 0 Å². The second-order valence-electron chi connectivity index (χ2n) is 3.05. The second-order valence-corrected chi connectivity index (χ2v) is 4.87. The Morgan fingerprint density at radius 2 is 2.41 bits per heavy atom. The van der Waals surface area contributed by atoms with E-state index in [2.05, 4.69) is 26.1 Å². The Balaban J connectivity index is 0.00000144. The molecule has 2 heterocycles. The molecule has 2 aromatic heterocycles. The fourth-order valence-corrected chi connectivity index (χ4v) is 2.55. The van der Waals surface area contributed by atoms with E-state index in [0.717, 1.165) is 9.35 Å². The first-order valence-corrected chi connectivity index (χ1v) is 6.22. The Labute approximate surface area is 117 Å². The number of methoxy groups -OCH3 is 1. The van der Waals surface area contributed by atoms with Crippen LogP contribution < -0.4 is 5.73 Å². The highest BCUT2D eigenvalue weighted by Crippen LogP contribution is 2.28. The van der Waals surface area contributed by atoms with Crippen molar-refractivity contribution in [1.29, 1.82) is 0 Å². The predicted octanol–water partition coefficient (Wildman–Crippen LogP) is 2.63. The molecule has 1 unspecified atom stereocenters. The summed E-state index contributed by atoms with van der Waals surface area (Å²) in [5.41, 5.74) is 5.51. The zero-order chi connectivity index (χ0) is 11.5. The summed E-state index contributed by atoms with van der Waals surface area (Å²) >= 11 is 4.91. The molecule has 0 saturated heterocycles. The van der Waals surface area contributed by atoms with Crippen LogP contribution in [0.15, 0.2) is 20.4 Å². The predicted molar refractivity (Wildman–Crippen MR) is 71.4 cm³/mol. The van der Waals surface area contributed by atoms with E-state index >= 15 is 0 Å². The molecule has 2 N–H and O–H groups in total. The molecule has 2 aromatic rings. The minimum atomic E-state index is -0.343. The normalized spacial score (nSPS) is 12.2. The quantitative estimate of drug-likeness (QED) is 0.926. The van der Waals surface area contributed by atoms with Gasteiger partial charge in [0.25, 0.3) is 5.89 Å². The fourth-order valence-electron chi connectivity index (χ4n) is 1.19. The summed E-state index contributed by atoms with van der Waals surface area (Å²) in [5.74, 6) is 0.964. The molecule has 0 aliphatic heterocycles. The van der Waals surface area contributed by atoms with Crippen LogP contribution in [0.2, 0.25) is 0 Å². The van der Waals surface area contributed by atoms with E-state index in [1.165, 1.54) is 11.3 Å². The van der Waals surface area contributed by atoms with Crippen molar-refractivity contribution >= 4 is 39.7 Å². The molecule has 0 radical (unpaired) electrons. The molecule has 5 nitrogen and oxygen atoms in total. The zero-order valence-electron chi connectivity index (χ0n) is 8.92. The van der Waals surface area contributed by atoms with Crippen LogP contribution in [0, 0.1) is 0 Å². The first-order chi connectivity index (χ1) is 7.74. The number of hydrogen-bond acceptors (Lipinski definition) is 6. The second kappa shape index (κ2) is 6.46. The molecular weight excluding hydrogens is 330 g/mol. The highest BCUT2D eigenvalue weighted by atomic mass is 79.9. The van der Waals surface area contributed by atoms with Crippen LogP contribution in [0.3, 0.4) is 0 Å². The molecule has 94 valence electrons. The third-order valence-corrected chi connectivity index (χ3v) is 3.69. The molecule has 2 rings (SSSR count). The number of ether oxygens (including phenoxy) is 1. The van der Waals surface area contributed by atoms with Crippen molar-refractivity contribution in [1.82, 2.24) is 10.1 Å². The Hall–Kier alpha value is -0.470. The third-order valence-electron chi connectivity index (χ3n) is 2.00. The summed E-state index contributed by atoms with van der Waals surface area (Å²) in [4.78, 5) is 5.18. The van der Waals surface area contributed by atoms with Gasteiger partial charge in [0.15, 0.2) is 0 Å². The van der Waals surface area contributed by atoms with E-state index in [4.69, 9.17) is 15.0 Å².